The van der Waals surface area contributed by atoms with Gasteiger partial charge >= 0.3 is 0 Å². The van der Waals surface area contributed by atoms with Crippen LogP contribution in [0.4, 0.5) is 0 Å². The Balaban J connectivity index is 1.50. The monoisotopic (exact) mass is 680 g/mol. The molecule has 3 saturated carbocycles. The van der Waals surface area contributed by atoms with Crippen LogP contribution in [-0.2, 0) is 19.1 Å². The topological polar surface area (TPSA) is 214 Å². The van der Waals surface area contributed by atoms with E-state index in [1.807, 2.05) is 34.6 Å². The highest BCUT2D eigenvalue weighted by Gasteiger charge is 2.74. The molecule has 0 bridgehead atoms. The molecule has 1 aliphatic heterocycles. The van der Waals surface area contributed by atoms with E-state index in [0.717, 1.165) is 11.6 Å². The minimum Gasteiger partial charge on any atom is -0.394 e. The molecule has 4 fully saturated rings. The van der Waals surface area contributed by atoms with Gasteiger partial charge < -0.3 is 50.3 Å². The summed E-state index contributed by atoms with van der Waals surface area (Å²) < 4.78 is 11.8. The summed E-state index contributed by atoms with van der Waals surface area (Å²) in [6, 6.07) is 0. The van der Waals surface area contributed by atoms with Gasteiger partial charge in [-0.2, -0.15) is 0 Å². The third-order valence-corrected chi connectivity index (χ3v) is 13.5. The largest absolute Gasteiger partial charge is 0.394 e. The molecule has 8 N–H and O–H groups in total. The average Bonchev–Trinajstić information content (AvgIpc) is 3.19. The van der Waals surface area contributed by atoms with Gasteiger partial charge in [0.25, 0.3) is 0 Å². The van der Waals surface area contributed by atoms with Crippen molar-refractivity contribution in [3.05, 3.63) is 23.8 Å². The fourth-order valence-electron chi connectivity index (χ4n) is 10.6. The lowest BCUT2D eigenvalue weighted by Crippen LogP contribution is -2.66. The highest BCUT2D eigenvalue weighted by atomic mass is 16.7. The summed E-state index contributed by atoms with van der Waals surface area (Å²) in [7, 11) is 0. The number of carbonyl (C=O) groups excluding carboxylic acids is 2. The van der Waals surface area contributed by atoms with Crippen LogP contribution in [0.15, 0.2) is 23.8 Å². The van der Waals surface area contributed by atoms with Crippen LogP contribution >= 0.6 is 0 Å². The molecule has 0 aromatic heterocycles. The van der Waals surface area contributed by atoms with Gasteiger partial charge in [0.2, 0.25) is 0 Å². The van der Waals surface area contributed by atoms with Crippen molar-refractivity contribution in [2.45, 2.75) is 141 Å². The van der Waals surface area contributed by atoms with Crippen molar-refractivity contribution in [1.29, 1.82) is 0 Å². The molecule has 1 heterocycles. The Kier molecular flexibility index (Phi) is 9.42. The maximum Gasteiger partial charge on any atom is 0.187 e. The number of hydrogen-bond donors (Lipinski definition) is 8. The van der Waals surface area contributed by atoms with Crippen LogP contribution < -0.4 is 0 Å². The smallest absolute Gasteiger partial charge is 0.187 e. The maximum absolute atomic E-state index is 14.7. The van der Waals surface area contributed by atoms with Gasteiger partial charge in [-0.25, -0.2) is 0 Å². The van der Waals surface area contributed by atoms with Crippen molar-refractivity contribution in [2.24, 2.45) is 39.4 Å². The molecular formula is C36H56O12. The van der Waals surface area contributed by atoms with E-state index in [2.05, 4.69) is 6.08 Å². The second-order valence-corrected chi connectivity index (χ2v) is 17.2. The first-order chi connectivity index (χ1) is 21.9. The van der Waals surface area contributed by atoms with Crippen molar-refractivity contribution in [3.63, 3.8) is 0 Å². The molecular weight excluding hydrogens is 624 g/mol. The molecule has 48 heavy (non-hydrogen) atoms. The number of ether oxygens (including phenoxy) is 2. The summed E-state index contributed by atoms with van der Waals surface area (Å²) in [6.45, 7) is 13.3. The molecule has 272 valence electrons. The highest BCUT2D eigenvalue weighted by Crippen LogP contribution is 2.74. The normalized spacial score (nSPS) is 48.7. The fourth-order valence-corrected chi connectivity index (χ4v) is 10.6. The first-order valence-corrected chi connectivity index (χ1v) is 17.1. The van der Waals surface area contributed by atoms with E-state index in [0.29, 0.717) is 6.42 Å². The molecule has 0 spiro atoms. The Bertz CT molecular complexity index is 1350. The number of aliphatic hydroxyl groups excluding tert-OH is 6. The molecule has 0 amide bonds. The van der Waals surface area contributed by atoms with Gasteiger partial charge in [0.15, 0.2) is 12.1 Å². The van der Waals surface area contributed by atoms with Crippen LogP contribution in [-0.4, -0.2) is 119 Å². The first kappa shape index (κ1) is 37.7. The van der Waals surface area contributed by atoms with Gasteiger partial charge in [0.05, 0.1) is 30.5 Å². The predicted octanol–water partition coefficient (Wildman–Crippen LogP) is 0.545. The summed E-state index contributed by atoms with van der Waals surface area (Å²) in [5, 5.41) is 86.2. The lowest BCUT2D eigenvalue weighted by atomic mass is 9.38. The molecule has 4 aliphatic carbocycles. The zero-order chi connectivity index (χ0) is 36.2. The molecule has 5 rings (SSSR count). The van der Waals surface area contributed by atoms with Gasteiger partial charge in [-0.1, -0.05) is 52.3 Å². The van der Waals surface area contributed by atoms with E-state index in [1.165, 1.54) is 26.8 Å². The summed E-state index contributed by atoms with van der Waals surface area (Å²) in [5.74, 6) is -2.47. The lowest BCUT2D eigenvalue weighted by Gasteiger charge is -2.65. The van der Waals surface area contributed by atoms with E-state index in [4.69, 9.17) is 9.47 Å². The number of allylic oxidation sites excluding steroid dienone is 1. The van der Waals surface area contributed by atoms with Gasteiger partial charge in [-0.05, 0) is 68.8 Å². The van der Waals surface area contributed by atoms with Crippen molar-refractivity contribution in [3.8, 4) is 0 Å². The SMILES string of the molecule is CC(C)(O)/C=C/C(=O)[C@](C)(O)[C@H]1[C@H](O)C[C@@]2(C)[C@@H]3CC=C4[C@@H](C[C@@H](O[C@@H]5O[C@H](CO)[C@@H](O)[C@H](O)[C@H]5O)[C@@H](O)C4(C)C)[C@]3(C)C(=O)C[C@]12C. The van der Waals surface area contributed by atoms with E-state index in [1.54, 1.807) is 0 Å². The zero-order valence-corrected chi connectivity index (χ0v) is 29.3. The molecule has 15 atom stereocenters. The maximum atomic E-state index is 14.7. The van der Waals surface area contributed by atoms with E-state index in [9.17, 15) is 50.4 Å². The van der Waals surface area contributed by atoms with Crippen molar-refractivity contribution < 1.29 is 59.9 Å². The Morgan fingerprint density at radius 2 is 1.62 bits per heavy atom. The van der Waals surface area contributed by atoms with Crippen LogP contribution in [0.25, 0.3) is 0 Å². The molecule has 1 saturated heterocycles. The van der Waals surface area contributed by atoms with Crippen molar-refractivity contribution in [2.75, 3.05) is 6.61 Å². The molecule has 0 unspecified atom stereocenters. The number of ketones is 2. The number of hydrogen-bond acceptors (Lipinski definition) is 12. The minimum absolute atomic E-state index is 0.0120. The van der Waals surface area contributed by atoms with Gasteiger partial charge in [-0.3, -0.25) is 9.59 Å². The summed E-state index contributed by atoms with van der Waals surface area (Å²) >= 11 is 0. The number of rotatable bonds is 7. The lowest BCUT2D eigenvalue weighted by molar-refractivity contribution is -0.323. The summed E-state index contributed by atoms with van der Waals surface area (Å²) in [4.78, 5) is 28.1. The Morgan fingerprint density at radius 3 is 2.21 bits per heavy atom. The van der Waals surface area contributed by atoms with Crippen LogP contribution in [0.2, 0.25) is 0 Å². The fraction of sp³-hybridized carbons (Fsp3) is 0.833. The average molecular weight is 681 g/mol. The summed E-state index contributed by atoms with van der Waals surface area (Å²) in [5.41, 5.74) is -5.97. The van der Waals surface area contributed by atoms with E-state index in [-0.39, 0.29) is 31.0 Å². The number of Topliss-reactive ketones (excluding diaryl/α,β-unsaturated/α-hetero) is 1. The molecule has 0 radical (unpaired) electrons. The third kappa shape index (κ3) is 5.41. The minimum atomic E-state index is -2.03. The molecule has 5 aliphatic rings. The Hall–Kier alpha value is -1.58. The van der Waals surface area contributed by atoms with Crippen molar-refractivity contribution >= 4 is 11.6 Å². The van der Waals surface area contributed by atoms with Crippen LogP contribution in [0, 0.1) is 39.4 Å². The summed E-state index contributed by atoms with van der Waals surface area (Å²) in [6.07, 6.45) is -5.31. The van der Waals surface area contributed by atoms with E-state index < -0.39 is 106 Å². The van der Waals surface area contributed by atoms with Gasteiger partial charge in [0.1, 0.15) is 35.8 Å². The quantitative estimate of drug-likeness (QED) is 0.137. The van der Waals surface area contributed by atoms with Crippen LogP contribution in [0.1, 0.15) is 81.1 Å². The molecule has 0 aromatic rings. The van der Waals surface area contributed by atoms with Crippen LogP contribution in [0.5, 0.6) is 0 Å². The van der Waals surface area contributed by atoms with Crippen LogP contribution in [0.3, 0.4) is 0 Å². The Labute approximate surface area is 282 Å². The number of carbonyl (C=O) groups is 2. The zero-order valence-electron chi connectivity index (χ0n) is 29.3. The number of fused-ring (bicyclic) bond motifs is 5. The second-order valence-electron chi connectivity index (χ2n) is 17.2. The highest BCUT2D eigenvalue weighted by molar-refractivity contribution is 5.97. The van der Waals surface area contributed by atoms with Crippen molar-refractivity contribution in [1.82, 2.24) is 0 Å². The number of aliphatic hydroxyl groups is 8. The standard InChI is InChI=1S/C36H56O12/c1-31(2,45)12-11-23(39)36(8,46)28-19(38)14-33(5)22-10-9-17-18(35(22,7)24(40)15-34(28,33)6)13-20(29(44)32(17,3)4)47-30-27(43)26(42)25(41)21(16-37)48-30/h9,11-12,18-22,25-30,37-38,41-46H,10,13-16H2,1-8H3/b12-11+/t18-,19-,20-,21-,22+,25-,26+,27-,28+,29-,30-,33+,34-,35+,36+/m1/s1. The second kappa shape index (κ2) is 12.0. The van der Waals surface area contributed by atoms with E-state index >= 15 is 0 Å². The third-order valence-electron chi connectivity index (χ3n) is 13.5. The molecule has 12 nitrogen and oxygen atoms in total. The first-order valence-electron chi connectivity index (χ1n) is 17.1. The van der Waals surface area contributed by atoms with Gasteiger partial charge in [0, 0.05) is 23.2 Å². The Morgan fingerprint density at radius 1 is 1.00 bits per heavy atom. The molecule has 12 heteroatoms. The predicted molar refractivity (Wildman–Crippen MR) is 172 cm³/mol. The van der Waals surface area contributed by atoms with Gasteiger partial charge in [-0.15, -0.1) is 0 Å². The molecule has 0 aromatic carbocycles.